The summed E-state index contributed by atoms with van der Waals surface area (Å²) >= 11 is 0. The van der Waals surface area contributed by atoms with Gasteiger partial charge in [-0.1, -0.05) is 13.8 Å². The molecule has 1 amide bonds. The highest BCUT2D eigenvalue weighted by Gasteiger charge is 2.24. The molecule has 0 saturated carbocycles. The van der Waals surface area contributed by atoms with Crippen LogP contribution in [0.3, 0.4) is 0 Å². The number of nitrogens with zero attached hydrogens (tertiary/aromatic N) is 1. The van der Waals surface area contributed by atoms with Crippen LogP contribution in [0.2, 0.25) is 0 Å². The van der Waals surface area contributed by atoms with Gasteiger partial charge in [0.25, 0.3) is 0 Å². The zero-order valence-corrected chi connectivity index (χ0v) is 12.9. The van der Waals surface area contributed by atoms with Gasteiger partial charge in [0.15, 0.2) is 5.78 Å². The molecule has 0 saturated heterocycles. The Morgan fingerprint density at radius 3 is 2.76 bits per heavy atom. The van der Waals surface area contributed by atoms with E-state index in [0.717, 1.165) is 36.2 Å². The SMILES string of the molecule is CC(C)C(=O)N1CCCc2cc(C(=O)CCCN)ccc21. The van der Waals surface area contributed by atoms with E-state index in [0.29, 0.717) is 19.4 Å². The van der Waals surface area contributed by atoms with Gasteiger partial charge >= 0.3 is 0 Å². The van der Waals surface area contributed by atoms with Gasteiger partial charge in [-0.2, -0.15) is 0 Å². The Hall–Kier alpha value is -1.68. The van der Waals surface area contributed by atoms with E-state index in [2.05, 4.69) is 0 Å². The van der Waals surface area contributed by atoms with Crippen LogP contribution in [0.1, 0.15) is 49.0 Å². The molecule has 0 radical (unpaired) electrons. The highest BCUT2D eigenvalue weighted by molar-refractivity contribution is 5.99. The fraction of sp³-hybridized carbons (Fsp3) is 0.529. The number of hydrogen-bond acceptors (Lipinski definition) is 3. The van der Waals surface area contributed by atoms with E-state index in [-0.39, 0.29) is 17.6 Å². The number of amides is 1. The summed E-state index contributed by atoms with van der Waals surface area (Å²) in [6, 6.07) is 5.71. The van der Waals surface area contributed by atoms with Crippen molar-refractivity contribution in [1.29, 1.82) is 0 Å². The number of benzene rings is 1. The molecule has 4 nitrogen and oxygen atoms in total. The predicted molar refractivity (Wildman–Crippen MR) is 84.6 cm³/mol. The Morgan fingerprint density at radius 1 is 1.33 bits per heavy atom. The summed E-state index contributed by atoms with van der Waals surface area (Å²) in [6.07, 6.45) is 3.08. The van der Waals surface area contributed by atoms with Crippen molar-refractivity contribution in [2.24, 2.45) is 11.7 Å². The molecule has 0 unspecified atom stereocenters. The summed E-state index contributed by atoms with van der Waals surface area (Å²) in [6.45, 7) is 5.14. The summed E-state index contributed by atoms with van der Waals surface area (Å²) in [5.41, 5.74) is 8.26. The molecule has 0 spiro atoms. The lowest BCUT2D eigenvalue weighted by atomic mass is 9.96. The van der Waals surface area contributed by atoms with E-state index >= 15 is 0 Å². The van der Waals surface area contributed by atoms with Crippen molar-refractivity contribution in [3.8, 4) is 0 Å². The second kappa shape index (κ2) is 6.85. The van der Waals surface area contributed by atoms with Gasteiger partial charge in [0.05, 0.1) is 0 Å². The van der Waals surface area contributed by atoms with Crippen molar-refractivity contribution in [1.82, 2.24) is 0 Å². The molecular weight excluding hydrogens is 264 g/mol. The number of ketones is 1. The number of aryl methyl sites for hydroxylation is 1. The second-order valence-corrected chi connectivity index (χ2v) is 5.91. The average Bonchev–Trinajstić information content (AvgIpc) is 2.50. The third-order valence-electron chi connectivity index (χ3n) is 3.89. The topological polar surface area (TPSA) is 63.4 Å². The number of anilines is 1. The largest absolute Gasteiger partial charge is 0.330 e. The van der Waals surface area contributed by atoms with Crippen molar-refractivity contribution in [2.75, 3.05) is 18.0 Å². The van der Waals surface area contributed by atoms with Gasteiger partial charge in [0, 0.05) is 30.1 Å². The first-order valence-corrected chi connectivity index (χ1v) is 7.72. The summed E-state index contributed by atoms with van der Waals surface area (Å²) in [7, 11) is 0. The maximum absolute atomic E-state index is 12.3. The first kappa shape index (κ1) is 15.7. The van der Waals surface area contributed by atoms with Gasteiger partial charge in [0.2, 0.25) is 5.91 Å². The monoisotopic (exact) mass is 288 g/mol. The van der Waals surface area contributed by atoms with Crippen LogP contribution in [0.5, 0.6) is 0 Å². The van der Waals surface area contributed by atoms with E-state index in [1.165, 1.54) is 0 Å². The zero-order chi connectivity index (χ0) is 15.4. The fourth-order valence-corrected chi connectivity index (χ4v) is 2.72. The van der Waals surface area contributed by atoms with E-state index < -0.39 is 0 Å². The van der Waals surface area contributed by atoms with Crippen LogP contribution in [0.4, 0.5) is 5.69 Å². The van der Waals surface area contributed by atoms with Crippen molar-refractivity contribution < 1.29 is 9.59 Å². The fourth-order valence-electron chi connectivity index (χ4n) is 2.72. The molecule has 2 N–H and O–H groups in total. The van der Waals surface area contributed by atoms with Crippen molar-refractivity contribution >= 4 is 17.4 Å². The van der Waals surface area contributed by atoms with Crippen LogP contribution < -0.4 is 10.6 Å². The molecular formula is C17H24N2O2. The highest BCUT2D eigenvalue weighted by atomic mass is 16.2. The highest BCUT2D eigenvalue weighted by Crippen LogP contribution is 2.29. The summed E-state index contributed by atoms with van der Waals surface area (Å²) in [5.74, 6) is 0.274. The molecule has 0 bridgehead atoms. The molecule has 0 atom stereocenters. The number of carbonyl (C=O) groups excluding carboxylic acids is 2. The molecule has 114 valence electrons. The maximum atomic E-state index is 12.3. The maximum Gasteiger partial charge on any atom is 0.229 e. The molecule has 0 aliphatic carbocycles. The van der Waals surface area contributed by atoms with Gasteiger partial charge in [-0.05, 0) is 49.6 Å². The second-order valence-electron chi connectivity index (χ2n) is 5.91. The van der Waals surface area contributed by atoms with Crippen LogP contribution in [0.15, 0.2) is 18.2 Å². The third kappa shape index (κ3) is 3.50. The van der Waals surface area contributed by atoms with Crippen LogP contribution in [0, 0.1) is 5.92 Å². The standard InChI is InChI=1S/C17H24N2O2/c1-12(2)17(21)19-10-4-5-13-11-14(7-8-15(13)19)16(20)6-3-9-18/h7-8,11-12H,3-6,9-10,18H2,1-2H3. The molecule has 1 aliphatic rings. The Morgan fingerprint density at radius 2 is 2.10 bits per heavy atom. The zero-order valence-electron chi connectivity index (χ0n) is 12.9. The van der Waals surface area contributed by atoms with Crippen LogP contribution >= 0.6 is 0 Å². The molecule has 2 rings (SSSR count). The van der Waals surface area contributed by atoms with Crippen LogP contribution in [-0.2, 0) is 11.2 Å². The Kier molecular flexibility index (Phi) is 5.12. The minimum atomic E-state index is -0.0122. The van der Waals surface area contributed by atoms with Crippen LogP contribution in [0.25, 0.3) is 0 Å². The minimum Gasteiger partial charge on any atom is -0.330 e. The molecule has 4 heteroatoms. The van der Waals surface area contributed by atoms with E-state index in [1.54, 1.807) is 0 Å². The number of hydrogen-bond donors (Lipinski definition) is 1. The molecule has 1 heterocycles. The predicted octanol–water partition coefficient (Wildman–Crippen LogP) is 2.54. The molecule has 0 fully saturated rings. The van der Waals surface area contributed by atoms with Gasteiger partial charge in [-0.3, -0.25) is 9.59 Å². The van der Waals surface area contributed by atoms with E-state index in [4.69, 9.17) is 5.73 Å². The number of rotatable bonds is 5. The van der Waals surface area contributed by atoms with Crippen molar-refractivity contribution in [3.05, 3.63) is 29.3 Å². The summed E-state index contributed by atoms with van der Waals surface area (Å²) in [5, 5.41) is 0. The Labute approximate surface area is 126 Å². The first-order valence-electron chi connectivity index (χ1n) is 7.72. The summed E-state index contributed by atoms with van der Waals surface area (Å²) < 4.78 is 0. The van der Waals surface area contributed by atoms with Gasteiger partial charge in [-0.15, -0.1) is 0 Å². The van der Waals surface area contributed by atoms with E-state index in [1.807, 2.05) is 36.9 Å². The number of fused-ring (bicyclic) bond motifs is 1. The lowest BCUT2D eigenvalue weighted by Crippen LogP contribution is -2.38. The number of nitrogens with two attached hydrogens (primary N) is 1. The Bertz CT molecular complexity index is 538. The molecule has 21 heavy (non-hydrogen) atoms. The minimum absolute atomic E-state index is 0.0122. The number of carbonyl (C=O) groups is 2. The summed E-state index contributed by atoms with van der Waals surface area (Å²) in [4.78, 5) is 26.2. The van der Waals surface area contributed by atoms with Gasteiger partial charge < -0.3 is 10.6 Å². The van der Waals surface area contributed by atoms with Gasteiger partial charge in [0.1, 0.15) is 0 Å². The lowest BCUT2D eigenvalue weighted by molar-refractivity contribution is -0.121. The molecule has 1 aliphatic heterocycles. The van der Waals surface area contributed by atoms with Gasteiger partial charge in [-0.25, -0.2) is 0 Å². The smallest absolute Gasteiger partial charge is 0.229 e. The van der Waals surface area contributed by atoms with E-state index in [9.17, 15) is 9.59 Å². The van der Waals surface area contributed by atoms with Crippen molar-refractivity contribution in [3.63, 3.8) is 0 Å². The molecule has 1 aromatic carbocycles. The lowest BCUT2D eigenvalue weighted by Gasteiger charge is -2.31. The number of Topliss-reactive ketones (excluding diaryl/α,β-unsaturated/α-hetero) is 1. The molecule has 1 aromatic rings. The Balaban J connectivity index is 2.24. The van der Waals surface area contributed by atoms with Crippen LogP contribution in [-0.4, -0.2) is 24.8 Å². The van der Waals surface area contributed by atoms with Crippen molar-refractivity contribution in [2.45, 2.75) is 39.5 Å². The molecule has 0 aromatic heterocycles. The third-order valence-corrected chi connectivity index (χ3v) is 3.89. The quantitative estimate of drug-likeness (QED) is 0.847. The average molecular weight is 288 g/mol. The normalized spacial score (nSPS) is 14.2. The first-order chi connectivity index (χ1) is 10.0.